The highest BCUT2D eigenvalue weighted by Crippen LogP contribution is 2.62. The van der Waals surface area contributed by atoms with Gasteiger partial charge in [0.1, 0.15) is 6.10 Å². The highest BCUT2D eigenvalue weighted by molar-refractivity contribution is 5.78. The number of carbonyl (C=O) groups excluding carboxylic acids is 2. The molecule has 5 atom stereocenters. The highest BCUT2D eigenvalue weighted by atomic mass is 16.5. The van der Waals surface area contributed by atoms with E-state index in [0.717, 1.165) is 64.2 Å². The van der Waals surface area contributed by atoms with Gasteiger partial charge in [-0.2, -0.15) is 0 Å². The first-order chi connectivity index (χ1) is 17.2. The molecule has 0 bridgehead atoms. The third kappa shape index (κ3) is 4.76. The predicted molar refractivity (Wildman–Crippen MR) is 149 cm³/mol. The van der Waals surface area contributed by atoms with E-state index in [0.29, 0.717) is 5.92 Å². The van der Waals surface area contributed by atoms with Crippen LogP contribution in [0, 0.1) is 33.5 Å². The van der Waals surface area contributed by atoms with Crippen LogP contribution < -0.4 is 0 Å². The van der Waals surface area contributed by atoms with Crippen molar-refractivity contribution < 1.29 is 19.1 Å². The molecular weight excluding hydrogens is 460 g/mol. The summed E-state index contributed by atoms with van der Waals surface area (Å²) in [7, 11) is 1.56. The Labute approximate surface area is 225 Å². The molecule has 0 radical (unpaired) electrons. The lowest BCUT2D eigenvalue weighted by molar-refractivity contribution is -0.166. The van der Waals surface area contributed by atoms with Crippen LogP contribution in [0.2, 0.25) is 0 Å². The van der Waals surface area contributed by atoms with Gasteiger partial charge in [0.05, 0.1) is 12.5 Å². The van der Waals surface area contributed by atoms with E-state index in [9.17, 15) is 9.59 Å². The topological polar surface area (TPSA) is 52.6 Å². The van der Waals surface area contributed by atoms with E-state index in [2.05, 4.69) is 54.2 Å². The van der Waals surface area contributed by atoms with Gasteiger partial charge in [-0.3, -0.25) is 9.59 Å². The van der Waals surface area contributed by atoms with Crippen molar-refractivity contribution in [2.45, 2.75) is 119 Å². The van der Waals surface area contributed by atoms with Crippen molar-refractivity contribution in [3.05, 3.63) is 34.9 Å². The van der Waals surface area contributed by atoms with Gasteiger partial charge in [0, 0.05) is 12.3 Å². The summed E-state index contributed by atoms with van der Waals surface area (Å²) in [6.07, 6.45) is 12.2. The number of ether oxygens (including phenoxy) is 2. The van der Waals surface area contributed by atoms with Gasteiger partial charge in [0.25, 0.3) is 0 Å². The molecule has 3 saturated carbocycles. The van der Waals surface area contributed by atoms with Crippen LogP contribution in [0.15, 0.2) is 34.9 Å². The molecule has 4 nitrogen and oxygen atoms in total. The van der Waals surface area contributed by atoms with Crippen molar-refractivity contribution in [1.29, 1.82) is 0 Å². The standard InChI is InChI=1S/C33H50O4/c1-21-14-17-33(29(35)36-9)19-18-30(4,5)20-26(33)24(21)11-12-25-22(2)10-13-27-31(6,7)28(37-23(3)34)15-16-32(25,27)8/h12,26-28H,2,10-11,13-20H2,1,3-9H3/b25-12-/t26-,27-,28-,32+,33+/m0/s1. The minimum absolute atomic E-state index is 0.00898. The number of methoxy groups -OCH3 is 1. The zero-order valence-corrected chi connectivity index (χ0v) is 24.7. The Bertz CT molecular complexity index is 1030. The molecule has 0 aliphatic heterocycles. The van der Waals surface area contributed by atoms with Gasteiger partial charge in [0.15, 0.2) is 0 Å². The van der Waals surface area contributed by atoms with Crippen LogP contribution in [0.3, 0.4) is 0 Å². The highest BCUT2D eigenvalue weighted by Gasteiger charge is 2.56. The van der Waals surface area contributed by atoms with E-state index in [1.807, 2.05) is 0 Å². The summed E-state index contributed by atoms with van der Waals surface area (Å²) in [6, 6.07) is 0. The number of fused-ring (bicyclic) bond motifs is 2. The van der Waals surface area contributed by atoms with Crippen molar-refractivity contribution in [2.24, 2.45) is 33.5 Å². The van der Waals surface area contributed by atoms with Crippen molar-refractivity contribution in [3.63, 3.8) is 0 Å². The number of hydrogen-bond donors (Lipinski definition) is 0. The molecule has 0 N–H and O–H groups in total. The third-order valence-electron chi connectivity index (χ3n) is 11.2. The number of allylic oxidation sites excluding steroid dienone is 5. The molecule has 0 unspecified atom stereocenters. The summed E-state index contributed by atoms with van der Waals surface area (Å²) in [5.74, 6) is 0.483. The van der Waals surface area contributed by atoms with E-state index >= 15 is 0 Å². The second-order valence-electron chi connectivity index (χ2n) is 14.3. The minimum Gasteiger partial charge on any atom is -0.469 e. The van der Waals surface area contributed by atoms with Crippen LogP contribution in [0.5, 0.6) is 0 Å². The largest absolute Gasteiger partial charge is 0.469 e. The van der Waals surface area contributed by atoms with E-state index in [1.54, 1.807) is 7.11 Å². The number of hydrogen-bond acceptors (Lipinski definition) is 4. The molecule has 0 heterocycles. The zero-order chi connectivity index (χ0) is 27.4. The maximum absolute atomic E-state index is 13.3. The van der Waals surface area contributed by atoms with Crippen LogP contribution in [-0.4, -0.2) is 25.2 Å². The normalized spacial score (nSPS) is 38.0. The average Bonchev–Trinajstić information content (AvgIpc) is 2.81. The maximum atomic E-state index is 13.3. The number of esters is 2. The van der Waals surface area contributed by atoms with Gasteiger partial charge < -0.3 is 9.47 Å². The monoisotopic (exact) mass is 510 g/mol. The van der Waals surface area contributed by atoms with E-state index in [4.69, 9.17) is 9.47 Å². The van der Waals surface area contributed by atoms with E-state index < -0.39 is 0 Å². The molecule has 4 heteroatoms. The Morgan fingerprint density at radius 1 is 1.03 bits per heavy atom. The molecule has 3 fully saturated rings. The van der Waals surface area contributed by atoms with Gasteiger partial charge in [-0.05, 0) is 99.4 Å². The van der Waals surface area contributed by atoms with Gasteiger partial charge in [-0.25, -0.2) is 0 Å². The third-order valence-corrected chi connectivity index (χ3v) is 11.2. The Balaban J connectivity index is 1.69. The van der Waals surface area contributed by atoms with Gasteiger partial charge >= 0.3 is 11.9 Å². The van der Waals surface area contributed by atoms with Crippen LogP contribution >= 0.6 is 0 Å². The van der Waals surface area contributed by atoms with Gasteiger partial charge in [-0.1, -0.05) is 64.0 Å². The van der Waals surface area contributed by atoms with Gasteiger partial charge in [0.2, 0.25) is 0 Å². The molecule has 0 spiro atoms. The molecule has 0 aromatic carbocycles. The fourth-order valence-corrected chi connectivity index (χ4v) is 8.97. The van der Waals surface area contributed by atoms with Crippen LogP contribution in [0.1, 0.15) is 113 Å². The van der Waals surface area contributed by atoms with Crippen LogP contribution in [0.4, 0.5) is 0 Å². The summed E-state index contributed by atoms with van der Waals surface area (Å²) >= 11 is 0. The van der Waals surface area contributed by atoms with Crippen molar-refractivity contribution in [3.8, 4) is 0 Å². The van der Waals surface area contributed by atoms with E-state index in [1.165, 1.54) is 29.2 Å². The smallest absolute Gasteiger partial charge is 0.312 e. The average molecular weight is 511 g/mol. The molecule has 4 aliphatic carbocycles. The second-order valence-corrected chi connectivity index (χ2v) is 14.3. The lowest BCUT2D eigenvalue weighted by Gasteiger charge is -2.57. The fourth-order valence-electron chi connectivity index (χ4n) is 8.97. The Kier molecular flexibility index (Phi) is 7.40. The summed E-state index contributed by atoms with van der Waals surface area (Å²) in [5, 5.41) is 0. The predicted octanol–water partition coefficient (Wildman–Crippen LogP) is 8.12. The second kappa shape index (κ2) is 9.72. The summed E-state index contributed by atoms with van der Waals surface area (Å²) in [5.41, 5.74) is 5.36. The zero-order valence-electron chi connectivity index (χ0n) is 24.7. The molecular formula is C33H50O4. The Morgan fingerprint density at radius 3 is 2.38 bits per heavy atom. The molecule has 4 rings (SSSR count). The number of carbonyl (C=O) groups is 2. The quantitative estimate of drug-likeness (QED) is 0.283. The summed E-state index contributed by atoms with van der Waals surface area (Å²) < 4.78 is 11.3. The molecule has 4 aliphatic rings. The SMILES string of the molecule is C=C1CC[C@H]2C(C)(C)[C@@H](OC(C)=O)CC[C@]2(C)/C1=C\CC1=C(C)CC[C@@]2(C(=O)OC)CCC(C)(C)C[C@@H]12. The van der Waals surface area contributed by atoms with Crippen molar-refractivity contribution in [1.82, 2.24) is 0 Å². The Morgan fingerprint density at radius 2 is 1.73 bits per heavy atom. The summed E-state index contributed by atoms with van der Waals surface area (Å²) in [4.78, 5) is 25.1. The van der Waals surface area contributed by atoms with Crippen LogP contribution in [-0.2, 0) is 19.1 Å². The molecule has 0 amide bonds. The summed E-state index contributed by atoms with van der Waals surface area (Å²) in [6.45, 7) is 20.1. The Hall–Kier alpha value is -1.84. The molecule has 37 heavy (non-hydrogen) atoms. The lowest BCUT2D eigenvalue weighted by Crippen LogP contribution is -2.53. The first kappa shape index (κ1) is 28.2. The molecule has 0 saturated heterocycles. The molecule has 0 aromatic rings. The van der Waals surface area contributed by atoms with E-state index in [-0.39, 0.29) is 45.6 Å². The van der Waals surface area contributed by atoms with Crippen LogP contribution in [0.25, 0.3) is 0 Å². The number of rotatable bonds is 4. The first-order valence-electron chi connectivity index (χ1n) is 14.5. The molecule has 206 valence electrons. The fraction of sp³-hybridized carbons (Fsp3) is 0.758. The lowest BCUT2D eigenvalue weighted by atomic mass is 9.48. The van der Waals surface area contributed by atoms with Crippen molar-refractivity contribution >= 4 is 11.9 Å². The minimum atomic E-state index is -0.377. The van der Waals surface area contributed by atoms with Gasteiger partial charge in [-0.15, -0.1) is 0 Å². The molecule has 0 aromatic heterocycles. The van der Waals surface area contributed by atoms with Crippen molar-refractivity contribution in [2.75, 3.05) is 7.11 Å². The first-order valence-corrected chi connectivity index (χ1v) is 14.5. The maximum Gasteiger partial charge on any atom is 0.312 e.